The van der Waals surface area contributed by atoms with E-state index in [1.165, 1.54) is 10.4 Å². The lowest BCUT2D eigenvalue weighted by atomic mass is 10.1. The van der Waals surface area contributed by atoms with E-state index in [0.717, 1.165) is 4.88 Å². The molecule has 0 bridgehead atoms. The monoisotopic (exact) mass is 267 g/mol. The highest BCUT2D eigenvalue weighted by molar-refractivity contribution is 7.15. The first-order valence-corrected chi connectivity index (χ1v) is 6.45. The third-order valence-electron chi connectivity index (χ3n) is 2.76. The molecule has 0 radical (unpaired) electrons. The Balaban J connectivity index is 2.30. The summed E-state index contributed by atoms with van der Waals surface area (Å²) < 4.78 is 10.3. The molecule has 2 heterocycles. The van der Waals surface area contributed by atoms with Crippen LogP contribution in [0.2, 0.25) is 0 Å². The standard InChI is InChI=1S/C12H17N3O2S/c1-7-5-9(18-8(7)2)10-14-11(15-17-10)12(3,13)6-16-4/h5H,6,13H2,1-4H3. The minimum absolute atomic E-state index is 0.342. The van der Waals surface area contributed by atoms with Crippen LogP contribution in [-0.2, 0) is 10.3 Å². The van der Waals surface area contributed by atoms with Gasteiger partial charge >= 0.3 is 0 Å². The molecule has 0 saturated carbocycles. The van der Waals surface area contributed by atoms with Crippen LogP contribution < -0.4 is 5.73 Å². The number of nitrogens with two attached hydrogens (primary N) is 1. The van der Waals surface area contributed by atoms with Crippen molar-refractivity contribution in [3.05, 3.63) is 22.3 Å². The van der Waals surface area contributed by atoms with E-state index in [2.05, 4.69) is 24.0 Å². The van der Waals surface area contributed by atoms with Crippen LogP contribution in [0.3, 0.4) is 0 Å². The Bertz CT molecular complexity index is 526. The highest BCUT2D eigenvalue weighted by Gasteiger charge is 2.28. The second kappa shape index (κ2) is 4.79. The van der Waals surface area contributed by atoms with Gasteiger partial charge in [0, 0.05) is 12.0 Å². The fourth-order valence-electron chi connectivity index (χ4n) is 1.60. The third kappa shape index (κ3) is 2.45. The van der Waals surface area contributed by atoms with Crippen molar-refractivity contribution in [1.29, 1.82) is 0 Å². The van der Waals surface area contributed by atoms with Gasteiger partial charge in [0.2, 0.25) is 0 Å². The highest BCUT2D eigenvalue weighted by Crippen LogP contribution is 2.30. The van der Waals surface area contributed by atoms with Crippen molar-refractivity contribution >= 4 is 11.3 Å². The summed E-state index contributed by atoms with van der Waals surface area (Å²) >= 11 is 1.64. The smallest absolute Gasteiger partial charge is 0.268 e. The zero-order chi connectivity index (χ0) is 13.3. The van der Waals surface area contributed by atoms with Crippen molar-refractivity contribution in [1.82, 2.24) is 10.1 Å². The van der Waals surface area contributed by atoms with E-state index in [1.54, 1.807) is 18.4 Å². The lowest BCUT2D eigenvalue weighted by molar-refractivity contribution is 0.135. The van der Waals surface area contributed by atoms with Crippen LogP contribution in [0.5, 0.6) is 0 Å². The Labute approximate surface area is 110 Å². The normalized spacial score (nSPS) is 14.7. The van der Waals surface area contributed by atoms with Crippen LogP contribution in [0, 0.1) is 13.8 Å². The summed E-state index contributed by atoms with van der Waals surface area (Å²) in [6.45, 7) is 6.29. The molecule has 0 aromatic carbocycles. The number of hydrogen-bond acceptors (Lipinski definition) is 6. The number of aromatic nitrogens is 2. The summed E-state index contributed by atoms with van der Waals surface area (Å²) in [4.78, 5) is 6.57. The molecule has 2 rings (SSSR count). The maximum absolute atomic E-state index is 6.07. The van der Waals surface area contributed by atoms with Crippen LogP contribution >= 0.6 is 11.3 Å². The first kappa shape index (κ1) is 13.2. The molecule has 18 heavy (non-hydrogen) atoms. The predicted molar refractivity (Wildman–Crippen MR) is 70.5 cm³/mol. The molecule has 0 aliphatic heterocycles. The summed E-state index contributed by atoms with van der Waals surface area (Å²) in [5.74, 6) is 0.974. The number of rotatable bonds is 4. The molecule has 0 aliphatic rings. The largest absolute Gasteiger partial charge is 0.382 e. The van der Waals surface area contributed by atoms with Crippen LogP contribution in [0.25, 0.3) is 10.8 Å². The molecule has 1 atom stereocenters. The molecule has 2 N–H and O–H groups in total. The van der Waals surface area contributed by atoms with E-state index < -0.39 is 5.54 Å². The van der Waals surface area contributed by atoms with Crippen molar-refractivity contribution in [2.24, 2.45) is 5.73 Å². The number of nitrogens with zero attached hydrogens (tertiary/aromatic N) is 2. The van der Waals surface area contributed by atoms with Crippen molar-refractivity contribution in [2.45, 2.75) is 26.3 Å². The lowest BCUT2D eigenvalue weighted by Crippen LogP contribution is -2.38. The van der Waals surface area contributed by atoms with Gasteiger partial charge < -0.3 is 15.0 Å². The molecule has 0 spiro atoms. The molecular formula is C12H17N3O2S. The molecule has 5 nitrogen and oxygen atoms in total. The minimum Gasteiger partial charge on any atom is -0.382 e. The summed E-state index contributed by atoms with van der Waals surface area (Å²) in [6, 6.07) is 2.04. The van der Waals surface area contributed by atoms with E-state index in [4.69, 9.17) is 15.0 Å². The average Bonchev–Trinajstić information content (AvgIpc) is 2.87. The Hall–Kier alpha value is -1.24. The lowest BCUT2D eigenvalue weighted by Gasteiger charge is -2.18. The van der Waals surface area contributed by atoms with Crippen molar-refractivity contribution in [3.63, 3.8) is 0 Å². The van der Waals surface area contributed by atoms with Crippen molar-refractivity contribution < 1.29 is 9.26 Å². The van der Waals surface area contributed by atoms with Gasteiger partial charge in [-0.2, -0.15) is 4.98 Å². The third-order valence-corrected chi connectivity index (χ3v) is 3.90. The first-order valence-electron chi connectivity index (χ1n) is 5.63. The SMILES string of the molecule is COCC(C)(N)c1noc(-c2cc(C)c(C)s2)n1. The first-order chi connectivity index (χ1) is 8.44. The van der Waals surface area contributed by atoms with Crippen LogP contribution in [0.15, 0.2) is 10.6 Å². The Morgan fingerprint density at radius 1 is 1.50 bits per heavy atom. The van der Waals surface area contributed by atoms with Gasteiger partial charge in [-0.3, -0.25) is 0 Å². The maximum atomic E-state index is 6.07. The number of aryl methyl sites for hydroxylation is 2. The van der Waals surface area contributed by atoms with Gasteiger partial charge in [-0.25, -0.2) is 0 Å². The van der Waals surface area contributed by atoms with Gasteiger partial charge in [0.05, 0.1) is 11.5 Å². The van der Waals surface area contributed by atoms with Crippen LogP contribution in [-0.4, -0.2) is 23.9 Å². The van der Waals surface area contributed by atoms with Gasteiger partial charge in [-0.15, -0.1) is 11.3 Å². The Morgan fingerprint density at radius 3 is 2.78 bits per heavy atom. The molecular weight excluding hydrogens is 250 g/mol. The zero-order valence-corrected chi connectivity index (χ0v) is 11.8. The van der Waals surface area contributed by atoms with E-state index in [9.17, 15) is 0 Å². The summed E-state index contributed by atoms with van der Waals surface area (Å²) in [7, 11) is 1.60. The number of methoxy groups -OCH3 is 1. The minimum atomic E-state index is -0.738. The zero-order valence-electron chi connectivity index (χ0n) is 11.0. The number of ether oxygens (including phenoxy) is 1. The molecule has 0 fully saturated rings. The van der Waals surface area contributed by atoms with Crippen LogP contribution in [0.1, 0.15) is 23.2 Å². The van der Waals surface area contributed by atoms with Crippen molar-refractivity contribution in [2.75, 3.05) is 13.7 Å². The predicted octanol–water partition coefficient (Wildman–Crippen LogP) is 2.24. The van der Waals surface area contributed by atoms with E-state index in [0.29, 0.717) is 18.3 Å². The van der Waals surface area contributed by atoms with Gasteiger partial charge in [0.25, 0.3) is 5.89 Å². The number of hydrogen-bond donors (Lipinski definition) is 1. The molecule has 0 amide bonds. The van der Waals surface area contributed by atoms with E-state index in [1.807, 2.05) is 13.0 Å². The second-order valence-corrected chi connectivity index (χ2v) is 5.88. The summed E-state index contributed by atoms with van der Waals surface area (Å²) in [5, 5.41) is 3.94. The second-order valence-electron chi connectivity index (χ2n) is 4.62. The van der Waals surface area contributed by atoms with Gasteiger partial charge in [-0.1, -0.05) is 5.16 Å². The molecule has 0 saturated heterocycles. The molecule has 6 heteroatoms. The summed E-state index contributed by atoms with van der Waals surface area (Å²) in [6.07, 6.45) is 0. The molecule has 98 valence electrons. The van der Waals surface area contributed by atoms with Gasteiger partial charge in [-0.05, 0) is 32.4 Å². The Kier molecular flexibility index (Phi) is 3.52. The average molecular weight is 267 g/mol. The fraction of sp³-hybridized carbons (Fsp3) is 0.500. The van der Waals surface area contributed by atoms with Crippen molar-refractivity contribution in [3.8, 4) is 10.8 Å². The van der Waals surface area contributed by atoms with Crippen LogP contribution in [0.4, 0.5) is 0 Å². The highest BCUT2D eigenvalue weighted by atomic mass is 32.1. The van der Waals surface area contributed by atoms with Gasteiger partial charge in [0.1, 0.15) is 5.54 Å². The maximum Gasteiger partial charge on any atom is 0.268 e. The molecule has 2 aromatic rings. The number of thiophene rings is 1. The van der Waals surface area contributed by atoms with Gasteiger partial charge in [0.15, 0.2) is 5.82 Å². The fourth-order valence-corrected chi connectivity index (χ4v) is 2.55. The molecule has 1 unspecified atom stereocenters. The Morgan fingerprint density at radius 2 is 2.22 bits per heavy atom. The quantitative estimate of drug-likeness (QED) is 0.919. The summed E-state index contributed by atoms with van der Waals surface area (Å²) in [5.41, 5.74) is 6.55. The van der Waals surface area contributed by atoms with E-state index in [-0.39, 0.29) is 0 Å². The topological polar surface area (TPSA) is 74.2 Å². The van der Waals surface area contributed by atoms with E-state index >= 15 is 0 Å². The molecule has 2 aromatic heterocycles. The molecule has 0 aliphatic carbocycles.